The number of nitrogens with one attached hydrogen (secondary N) is 1. The molecule has 15 heteroatoms. The van der Waals surface area contributed by atoms with E-state index in [9.17, 15) is 17.6 Å². The van der Waals surface area contributed by atoms with E-state index in [1.807, 2.05) is 0 Å². The van der Waals surface area contributed by atoms with E-state index in [2.05, 4.69) is 25.1 Å². The maximum Gasteiger partial charge on any atom is 0.418 e. The first kappa shape index (κ1) is 31.1. The van der Waals surface area contributed by atoms with Gasteiger partial charge in [0.25, 0.3) is 0 Å². The number of hydrogen-bond acceptors (Lipinski definition) is 9. The molecule has 5 aliphatic rings. The fraction of sp³-hybridized carbons (Fsp3) is 0.594. The Kier molecular flexibility index (Phi) is 7.38. The molecule has 1 spiro atoms. The highest BCUT2D eigenvalue weighted by molar-refractivity contribution is 6.32. The average Bonchev–Trinajstić information content (AvgIpc) is 3.47. The molecule has 1 aromatic carbocycles. The molecule has 1 unspecified atom stereocenters. The molecule has 1 aliphatic carbocycles. The Morgan fingerprint density at radius 2 is 1.94 bits per heavy atom. The molecule has 4 fully saturated rings. The van der Waals surface area contributed by atoms with Crippen LogP contribution in [0.5, 0.6) is 11.9 Å². The van der Waals surface area contributed by atoms with Crippen molar-refractivity contribution in [2.75, 3.05) is 50.0 Å². The molecule has 0 amide bonds. The summed E-state index contributed by atoms with van der Waals surface area (Å²) in [5.41, 5.74) is 2.17. The van der Waals surface area contributed by atoms with Crippen molar-refractivity contribution in [1.82, 2.24) is 25.2 Å². The van der Waals surface area contributed by atoms with Gasteiger partial charge in [-0.05, 0) is 63.7 Å². The van der Waals surface area contributed by atoms with Crippen LogP contribution in [0.25, 0.3) is 22.2 Å². The van der Waals surface area contributed by atoms with E-state index < -0.39 is 45.5 Å². The maximum atomic E-state index is 16.9. The van der Waals surface area contributed by atoms with Crippen molar-refractivity contribution in [1.29, 1.82) is 0 Å². The van der Waals surface area contributed by atoms with Gasteiger partial charge in [0, 0.05) is 48.8 Å². The summed E-state index contributed by atoms with van der Waals surface area (Å²) in [6.07, 6.45) is 0.366. The Hall–Kier alpha value is -3.23. The maximum absolute atomic E-state index is 16.9. The number of hydrogen-bond donors (Lipinski definition) is 2. The van der Waals surface area contributed by atoms with Crippen LogP contribution in [0, 0.1) is 5.82 Å². The van der Waals surface area contributed by atoms with Crippen molar-refractivity contribution < 1.29 is 31.4 Å². The number of benzene rings is 1. The van der Waals surface area contributed by atoms with Crippen LogP contribution in [0.3, 0.4) is 0 Å². The largest absolute Gasteiger partial charge is 0.477 e. The molecule has 252 valence electrons. The number of nitrogen functional groups attached to an aromatic ring is 1. The zero-order chi connectivity index (χ0) is 32.7. The first-order chi connectivity index (χ1) is 22.5. The molecule has 2 aromatic heterocycles. The lowest BCUT2D eigenvalue weighted by Crippen LogP contribution is -2.61. The molecule has 0 bridgehead atoms. The van der Waals surface area contributed by atoms with E-state index >= 15 is 4.39 Å². The van der Waals surface area contributed by atoms with Gasteiger partial charge < -0.3 is 25.4 Å². The van der Waals surface area contributed by atoms with Gasteiger partial charge in [-0.3, -0.25) is 4.90 Å². The summed E-state index contributed by atoms with van der Waals surface area (Å²) >= 11 is 6.05. The molecule has 3 atom stereocenters. The molecule has 4 aliphatic heterocycles. The lowest BCUT2D eigenvalue weighted by atomic mass is 9.72. The number of pyridine rings is 1. The molecule has 3 aromatic rings. The van der Waals surface area contributed by atoms with Crippen LogP contribution in [0.2, 0.25) is 5.02 Å². The molecule has 47 heavy (non-hydrogen) atoms. The molecular formula is C32H35ClF5N7O2. The standard InChI is InChI=1S/C32H35ClF5N7O2/c33-21-12-18(39)11-20(23(21)32(36,37)38)25-24(35)26-22-27(43-29(42-26)47-16-31-6-2-9-44(31)14-17(34)13-31)45(15-19-3-8-40-19)30(4-1-5-30)7-10-46-28(22)41-25/h11-12,17,19,40H,1-10,13-16,39H2/t17-,19?,31+/m1/s1. The van der Waals surface area contributed by atoms with E-state index in [-0.39, 0.29) is 53.3 Å². The quantitative estimate of drug-likeness (QED) is 0.243. The topological polar surface area (TPSA) is 102 Å². The summed E-state index contributed by atoms with van der Waals surface area (Å²) in [7, 11) is 0. The van der Waals surface area contributed by atoms with Gasteiger partial charge in [0.05, 0.1) is 22.7 Å². The predicted molar refractivity (Wildman–Crippen MR) is 166 cm³/mol. The van der Waals surface area contributed by atoms with Gasteiger partial charge in [0.15, 0.2) is 5.82 Å². The Labute approximate surface area is 273 Å². The average molecular weight is 680 g/mol. The van der Waals surface area contributed by atoms with E-state index in [4.69, 9.17) is 31.8 Å². The van der Waals surface area contributed by atoms with Crippen molar-refractivity contribution in [3.63, 3.8) is 0 Å². The van der Waals surface area contributed by atoms with E-state index in [0.29, 0.717) is 31.7 Å². The van der Waals surface area contributed by atoms with Crippen LogP contribution in [-0.2, 0) is 6.18 Å². The minimum Gasteiger partial charge on any atom is -0.477 e. The summed E-state index contributed by atoms with van der Waals surface area (Å²) in [5, 5.41) is 2.92. The van der Waals surface area contributed by atoms with Gasteiger partial charge in [-0.15, -0.1) is 0 Å². The van der Waals surface area contributed by atoms with Crippen molar-refractivity contribution in [2.24, 2.45) is 0 Å². The van der Waals surface area contributed by atoms with Gasteiger partial charge in [0.2, 0.25) is 5.88 Å². The number of nitrogens with two attached hydrogens (primary N) is 1. The highest BCUT2D eigenvalue weighted by atomic mass is 35.5. The van der Waals surface area contributed by atoms with Gasteiger partial charge in [-0.1, -0.05) is 11.6 Å². The van der Waals surface area contributed by atoms with E-state index in [1.54, 1.807) is 0 Å². The zero-order valence-corrected chi connectivity index (χ0v) is 26.4. The number of anilines is 2. The fourth-order valence-electron chi connectivity index (χ4n) is 8.20. The zero-order valence-electron chi connectivity index (χ0n) is 25.6. The predicted octanol–water partition coefficient (Wildman–Crippen LogP) is 5.91. The summed E-state index contributed by atoms with van der Waals surface area (Å²) in [6, 6.07) is 2.01. The Bertz CT molecular complexity index is 1740. The minimum absolute atomic E-state index is 0.0815. The van der Waals surface area contributed by atoms with Gasteiger partial charge in [0.1, 0.15) is 35.2 Å². The highest BCUT2D eigenvalue weighted by Gasteiger charge is 2.50. The number of alkyl halides is 4. The number of rotatable bonds is 6. The Morgan fingerprint density at radius 1 is 1.13 bits per heavy atom. The SMILES string of the molecule is Nc1cc(Cl)c(C(F)(F)F)c(-c2nc3c4c(nc(OC[C@@]56CCCN5C[C@H](F)C6)nc4c2F)N(CC2CCN2)C2(CCC2)CCO3)c1. The molecular weight excluding hydrogens is 645 g/mol. The molecule has 6 heterocycles. The molecule has 3 saturated heterocycles. The molecule has 8 rings (SSSR count). The smallest absolute Gasteiger partial charge is 0.418 e. The normalized spacial score (nSPS) is 26.8. The number of ether oxygens (including phenoxy) is 2. The lowest BCUT2D eigenvalue weighted by Gasteiger charge is -2.53. The number of aromatic nitrogens is 3. The highest BCUT2D eigenvalue weighted by Crippen LogP contribution is 2.50. The Morgan fingerprint density at radius 3 is 2.64 bits per heavy atom. The van der Waals surface area contributed by atoms with Crippen molar-refractivity contribution >= 4 is 34.0 Å². The molecule has 1 saturated carbocycles. The summed E-state index contributed by atoms with van der Waals surface area (Å²) in [4.78, 5) is 18.0. The number of fused-ring (bicyclic) bond motifs is 1. The molecule has 9 nitrogen and oxygen atoms in total. The van der Waals surface area contributed by atoms with Crippen molar-refractivity contribution in [2.45, 2.75) is 80.8 Å². The van der Waals surface area contributed by atoms with Crippen molar-refractivity contribution in [3.8, 4) is 23.1 Å². The van der Waals surface area contributed by atoms with Crippen LogP contribution in [0.4, 0.5) is 33.5 Å². The molecule has 3 N–H and O–H groups in total. The first-order valence-electron chi connectivity index (χ1n) is 16.2. The second-order valence-corrected chi connectivity index (χ2v) is 14.1. The van der Waals surface area contributed by atoms with Crippen molar-refractivity contribution in [3.05, 3.63) is 28.5 Å². The van der Waals surface area contributed by atoms with Gasteiger partial charge >= 0.3 is 12.2 Å². The van der Waals surface area contributed by atoms with E-state index in [0.717, 1.165) is 63.7 Å². The van der Waals surface area contributed by atoms with Gasteiger partial charge in [-0.25, -0.2) is 13.8 Å². The van der Waals surface area contributed by atoms with Crippen LogP contribution in [0.15, 0.2) is 12.1 Å². The third-order valence-electron chi connectivity index (χ3n) is 10.8. The summed E-state index contributed by atoms with van der Waals surface area (Å²) < 4.78 is 86.8. The number of halogens is 6. The van der Waals surface area contributed by atoms with Crippen LogP contribution in [-0.4, -0.2) is 82.5 Å². The number of nitrogens with zero attached hydrogens (tertiary/aromatic N) is 5. The third kappa shape index (κ3) is 5.13. The third-order valence-corrected chi connectivity index (χ3v) is 11.1. The first-order valence-corrected chi connectivity index (χ1v) is 16.6. The van der Waals surface area contributed by atoms with Crippen LogP contribution < -0.4 is 25.4 Å². The summed E-state index contributed by atoms with van der Waals surface area (Å²) in [5.74, 6) is -0.825. The van der Waals surface area contributed by atoms with E-state index in [1.165, 1.54) is 0 Å². The lowest BCUT2D eigenvalue weighted by molar-refractivity contribution is -0.137. The minimum atomic E-state index is -4.94. The Balaban J connectivity index is 1.33. The van der Waals surface area contributed by atoms with Gasteiger partial charge in [-0.2, -0.15) is 23.1 Å². The summed E-state index contributed by atoms with van der Waals surface area (Å²) in [6.45, 7) is 2.86. The second kappa shape index (κ2) is 11.2. The second-order valence-electron chi connectivity index (χ2n) is 13.6. The molecule has 0 radical (unpaired) electrons. The monoisotopic (exact) mass is 679 g/mol. The fourth-order valence-corrected chi connectivity index (χ4v) is 8.54. The van der Waals surface area contributed by atoms with Crippen LogP contribution in [0.1, 0.15) is 56.9 Å². The van der Waals surface area contributed by atoms with Crippen LogP contribution >= 0.6 is 11.6 Å².